The van der Waals surface area contributed by atoms with Crippen molar-refractivity contribution in [3.8, 4) is 0 Å². The van der Waals surface area contributed by atoms with Gasteiger partial charge >= 0.3 is 0 Å². The van der Waals surface area contributed by atoms with Gasteiger partial charge in [0.1, 0.15) is 0 Å². The maximum Gasteiger partial charge on any atom is 0.0594 e. The quantitative estimate of drug-likeness (QED) is 0.546. The lowest BCUT2D eigenvalue weighted by molar-refractivity contribution is 0.0604. The van der Waals surface area contributed by atoms with Crippen molar-refractivity contribution >= 4 is 0 Å². The van der Waals surface area contributed by atoms with Crippen molar-refractivity contribution in [3.05, 3.63) is 0 Å². The Morgan fingerprint density at radius 1 is 1.25 bits per heavy atom. The van der Waals surface area contributed by atoms with Crippen LogP contribution in [0.5, 0.6) is 0 Å². The molecule has 0 aromatic carbocycles. The molecule has 1 aliphatic rings. The third-order valence-electron chi connectivity index (χ3n) is 3.28. The fraction of sp³-hybridized carbons (Fsp3) is 1.00. The van der Waals surface area contributed by atoms with Gasteiger partial charge in [0, 0.05) is 6.54 Å². The first-order chi connectivity index (χ1) is 7.83. The highest BCUT2D eigenvalue weighted by Gasteiger charge is 2.19. The van der Waals surface area contributed by atoms with E-state index in [1.807, 2.05) is 0 Å². The summed E-state index contributed by atoms with van der Waals surface area (Å²) in [6.07, 6.45) is 9.91. The van der Waals surface area contributed by atoms with Crippen molar-refractivity contribution in [3.63, 3.8) is 0 Å². The van der Waals surface area contributed by atoms with Gasteiger partial charge in [-0.2, -0.15) is 0 Å². The molecule has 0 heterocycles. The first-order valence-electron chi connectivity index (χ1n) is 7.15. The maximum atomic E-state index is 5.76. The van der Waals surface area contributed by atoms with E-state index in [0.29, 0.717) is 6.10 Å². The lowest BCUT2D eigenvalue weighted by atomic mass is 10.1. The minimum Gasteiger partial charge on any atom is -0.377 e. The molecule has 1 unspecified atom stereocenters. The standard InChI is InChI=1S/C14H29NO/c1-3-4-5-6-7-13(2)16-11-10-15-12-14-8-9-14/h13-15H,3-12H2,1-2H3. The molecule has 0 radical (unpaired) electrons. The highest BCUT2D eigenvalue weighted by Crippen LogP contribution is 2.27. The van der Waals surface area contributed by atoms with Crippen molar-refractivity contribution in [2.45, 2.75) is 64.9 Å². The maximum absolute atomic E-state index is 5.76. The van der Waals surface area contributed by atoms with Crippen LogP contribution in [0.3, 0.4) is 0 Å². The summed E-state index contributed by atoms with van der Waals surface area (Å²) in [5, 5.41) is 3.45. The lowest BCUT2D eigenvalue weighted by Gasteiger charge is -2.13. The van der Waals surface area contributed by atoms with Gasteiger partial charge in [0.2, 0.25) is 0 Å². The van der Waals surface area contributed by atoms with Crippen molar-refractivity contribution < 1.29 is 4.74 Å². The normalized spacial score (nSPS) is 17.6. The van der Waals surface area contributed by atoms with Gasteiger partial charge in [0.25, 0.3) is 0 Å². The zero-order chi connectivity index (χ0) is 11.6. The molecule has 0 bridgehead atoms. The van der Waals surface area contributed by atoms with E-state index in [9.17, 15) is 0 Å². The molecule has 0 spiro atoms. The molecule has 2 nitrogen and oxygen atoms in total. The molecule has 0 aliphatic heterocycles. The van der Waals surface area contributed by atoms with E-state index >= 15 is 0 Å². The van der Waals surface area contributed by atoms with Gasteiger partial charge in [-0.3, -0.25) is 0 Å². The summed E-state index contributed by atoms with van der Waals surface area (Å²) in [6.45, 7) is 7.56. The predicted octanol–water partition coefficient (Wildman–Crippen LogP) is 3.36. The first-order valence-corrected chi connectivity index (χ1v) is 7.15. The van der Waals surface area contributed by atoms with Crippen LogP contribution in [0.15, 0.2) is 0 Å². The van der Waals surface area contributed by atoms with Crippen LogP contribution in [0.1, 0.15) is 58.8 Å². The average Bonchev–Trinajstić information content (AvgIpc) is 3.08. The van der Waals surface area contributed by atoms with E-state index in [0.717, 1.165) is 19.1 Å². The van der Waals surface area contributed by atoms with Gasteiger partial charge in [0.05, 0.1) is 12.7 Å². The van der Waals surface area contributed by atoms with Crippen LogP contribution < -0.4 is 5.32 Å². The Kier molecular flexibility index (Phi) is 7.87. The summed E-state index contributed by atoms with van der Waals surface area (Å²) >= 11 is 0. The lowest BCUT2D eigenvalue weighted by Crippen LogP contribution is -2.24. The van der Waals surface area contributed by atoms with Gasteiger partial charge in [0.15, 0.2) is 0 Å². The van der Waals surface area contributed by atoms with E-state index in [1.165, 1.54) is 51.5 Å². The molecule has 1 atom stereocenters. The smallest absolute Gasteiger partial charge is 0.0594 e. The van der Waals surface area contributed by atoms with Crippen LogP contribution in [0.4, 0.5) is 0 Å². The van der Waals surface area contributed by atoms with Crippen molar-refractivity contribution in [1.29, 1.82) is 0 Å². The summed E-state index contributed by atoms with van der Waals surface area (Å²) in [4.78, 5) is 0. The average molecular weight is 227 g/mol. The number of unbranched alkanes of at least 4 members (excludes halogenated alkanes) is 3. The number of hydrogen-bond acceptors (Lipinski definition) is 2. The van der Waals surface area contributed by atoms with E-state index in [2.05, 4.69) is 19.2 Å². The van der Waals surface area contributed by atoms with E-state index in [4.69, 9.17) is 4.74 Å². The van der Waals surface area contributed by atoms with Gasteiger partial charge in [-0.05, 0) is 38.6 Å². The summed E-state index contributed by atoms with van der Waals surface area (Å²) < 4.78 is 5.76. The third kappa shape index (κ3) is 8.12. The topological polar surface area (TPSA) is 21.3 Å². The zero-order valence-corrected chi connectivity index (χ0v) is 11.1. The monoisotopic (exact) mass is 227 g/mol. The Morgan fingerprint density at radius 2 is 2.06 bits per heavy atom. The molecule has 16 heavy (non-hydrogen) atoms. The van der Waals surface area contributed by atoms with Crippen LogP contribution in [0, 0.1) is 5.92 Å². The fourth-order valence-electron chi connectivity index (χ4n) is 1.90. The Morgan fingerprint density at radius 3 is 2.75 bits per heavy atom. The van der Waals surface area contributed by atoms with E-state index in [1.54, 1.807) is 0 Å². The highest BCUT2D eigenvalue weighted by atomic mass is 16.5. The summed E-state index contributed by atoms with van der Waals surface area (Å²) in [5.74, 6) is 0.978. The Labute approximate surface area is 101 Å². The first kappa shape index (κ1) is 14.0. The molecule has 96 valence electrons. The van der Waals surface area contributed by atoms with E-state index < -0.39 is 0 Å². The Bertz CT molecular complexity index is 157. The van der Waals surface area contributed by atoms with E-state index in [-0.39, 0.29) is 0 Å². The molecule has 1 N–H and O–H groups in total. The van der Waals surface area contributed by atoms with Crippen molar-refractivity contribution in [1.82, 2.24) is 5.32 Å². The second kappa shape index (κ2) is 9.00. The third-order valence-corrected chi connectivity index (χ3v) is 3.28. The number of rotatable bonds is 11. The van der Waals surface area contributed by atoms with Gasteiger partial charge in [-0.1, -0.05) is 32.6 Å². The fourth-order valence-corrected chi connectivity index (χ4v) is 1.90. The summed E-state index contributed by atoms with van der Waals surface area (Å²) in [7, 11) is 0. The van der Waals surface area contributed by atoms with Crippen LogP contribution in [0.25, 0.3) is 0 Å². The van der Waals surface area contributed by atoms with Crippen LogP contribution in [0.2, 0.25) is 0 Å². The molecule has 1 saturated carbocycles. The van der Waals surface area contributed by atoms with Crippen LogP contribution in [-0.2, 0) is 4.74 Å². The molecule has 0 amide bonds. The molecule has 1 aliphatic carbocycles. The van der Waals surface area contributed by atoms with Gasteiger partial charge in [-0.25, -0.2) is 0 Å². The molecule has 0 aromatic rings. The van der Waals surface area contributed by atoms with Gasteiger partial charge in [-0.15, -0.1) is 0 Å². The largest absolute Gasteiger partial charge is 0.377 e. The molecule has 1 rings (SSSR count). The number of ether oxygens (including phenoxy) is 1. The second-order valence-electron chi connectivity index (χ2n) is 5.18. The Balaban J connectivity index is 1.75. The molecule has 2 heteroatoms. The highest BCUT2D eigenvalue weighted by molar-refractivity contribution is 4.74. The molecular weight excluding hydrogens is 198 g/mol. The second-order valence-corrected chi connectivity index (χ2v) is 5.18. The van der Waals surface area contributed by atoms with Gasteiger partial charge < -0.3 is 10.1 Å². The summed E-state index contributed by atoms with van der Waals surface area (Å²) in [5.41, 5.74) is 0. The molecule has 1 fully saturated rings. The van der Waals surface area contributed by atoms with Crippen LogP contribution >= 0.6 is 0 Å². The number of nitrogens with one attached hydrogen (secondary N) is 1. The van der Waals surface area contributed by atoms with Crippen LogP contribution in [-0.4, -0.2) is 25.8 Å². The minimum atomic E-state index is 0.444. The predicted molar refractivity (Wildman–Crippen MR) is 69.8 cm³/mol. The molecular formula is C14H29NO. The number of hydrogen-bond donors (Lipinski definition) is 1. The molecule has 0 aromatic heterocycles. The minimum absolute atomic E-state index is 0.444. The Hall–Kier alpha value is -0.0800. The SMILES string of the molecule is CCCCCCC(C)OCCNCC1CC1. The van der Waals surface area contributed by atoms with Crippen molar-refractivity contribution in [2.75, 3.05) is 19.7 Å². The summed E-state index contributed by atoms with van der Waals surface area (Å²) in [6, 6.07) is 0. The van der Waals surface area contributed by atoms with Crippen molar-refractivity contribution in [2.24, 2.45) is 5.92 Å². The molecule has 0 saturated heterocycles. The zero-order valence-electron chi connectivity index (χ0n) is 11.1.